The molecule has 0 saturated heterocycles. The first-order valence-electron chi connectivity index (χ1n) is 4.65. The van der Waals surface area contributed by atoms with E-state index in [0.29, 0.717) is 18.1 Å². The summed E-state index contributed by atoms with van der Waals surface area (Å²) in [6.07, 6.45) is 2.47. The Kier molecular flexibility index (Phi) is 3.45. The summed E-state index contributed by atoms with van der Waals surface area (Å²) in [4.78, 5) is 18.1. The third kappa shape index (κ3) is 2.73. The molecule has 0 bridgehead atoms. The number of nitrogens with zero attached hydrogens (tertiary/aromatic N) is 1. The number of hydrogen-bond donors (Lipinski definition) is 2. The van der Waals surface area contributed by atoms with E-state index < -0.39 is 0 Å². The van der Waals surface area contributed by atoms with Crippen molar-refractivity contribution < 1.29 is 0 Å². The highest BCUT2D eigenvalue weighted by molar-refractivity contribution is 5.35. The van der Waals surface area contributed by atoms with Gasteiger partial charge in [0.05, 0.1) is 0 Å². The van der Waals surface area contributed by atoms with Gasteiger partial charge in [0, 0.05) is 18.5 Å². The van der Waals surface area contributed by atoms with Crippen molar-refractivity contribution in [1.29, 1.82) is 0 Å². The lowest BCUT2D eigenvalue weighted by atomic mass is 10.3. The van der Waals surface area contributed by atoms with Crippen LogP contribution in [0.3, 0.4) is 0 Å². The zero-order valence-corrected chi connectivity index (χ0v) is 8.50. The van der Waals surface area contributed by atoms with Gasteiger partial charge in [0.15, 0.2) is 0 Å². The quantitative estimate of drug-likeness (QED) is 0.709. The zero-order chi connectivity index (χ0) is 10.6. The molecule has 76 valence electrons. The fraction of sp³-hybridized carbons (Fsp3) is 0.400. The minimum absolute atomic E-state index is 0.106. The number of aromatic nitrogens is 2. The maximum absolute atomic E-state index is 11.2. The predicted molar refractivity (Wildman–Crippen MR) is 57.5 cm³/mol. The molecule has 4 nitrogen and oxygen atoms in total. The lowest BCUT2D eigenvalue weighted by Crippen LogP contribution is -2.17. The van der Waals surface area contributed by atoms with E-state index in [4.69, 9.17) is 0 Å². The molecule has 0 spiro atoms. The number of aromatic amines is 1. The van der Waals surface area contributed by atoms with Gasteiger partial charge in [-0.3, -0.25) is 4.79 Å². The number of rotatable bonds is 4. The molecule has 0 aliphatic heterocycles. The summed E-state index contributed by atoms with van der Waals surface area (Å²) in [5.74, 6) is 1.29. The molecule has 1 aromatic rings. The van der Waals surface area contributed by atoms with Crippen LogP contribution in [0, 0.1) is 0 Å². The van der Waals surface area contributed by atoms with Crippen LogP contribution in [0.1, 0.15) is 19.7 Å². The lowest BCUT2D eigenvalue weighted by Gasteiger charge is -2.09. The predicted octanol–water partition coefficient (Wildman–Crippen LogP) is 1.32. The average molecular weight is 193 g/mol. The van der Waals surface area contributed by atoms with Crippen LogP contribution in [0.5, 0.6) is 0 Å². The van der Waals surface area contributed by atoms with Gasteiger partial charge in [-0.1, -0.05) is 13.0 Å². The van der Waals surface area contributed by atoms with Crippen LogP contribution < -0.4 is 10.9 Å². The largest absolute Gasteiger partial charge is 0.364 e. The van der Waals surface area contributed by atoms with Gasteiger partial charge in [0.25, 0.3) is 5.56 Å². The van der Waals surface area contributed by atoms with Crippen molar-refractivity contribution in [2.45, 2.75) is 26.3 Å². The monoisotopic (exact) mass is 193 g/mol. The van der Waals surface area contributed by atoms with E-state index in [1.54, 1.807) is 6.08 Å². The van der Waals surface area contributed by atoms with Crippen molar-refractivity contribution in [3.05, 3.63) is 34.9 Å². The van der Waals surface area contributed by atoms with Gasteiger partial charge in [-0.2, -0.15) is 0 Å². The average Bonchev–Trinajstić information content (AvgIpc) is 2.16. The Bertz CT molecular complexity index is 370. The third-order valence-electron chi connectivity index (χ3n) is 1.85. The fourth-order valence-corrected chi connectivity index (χ4v) is 1.04. The summed E-state index contributed by atoms with van der Waals surface area (Å²) >= 11 is 0. The summed E-state index contributed by atoms with van der Waals surface area (Å²) in [6, 6.07) is 1.55. The number of hydrogen-bond acceptors (Lipinski definition) is 3. The van der Waals surface area contributed by atoms with Crippen LogP contribution in [-0.4, -0.2) is 16.0 Å². The van der Waals surface area contributed by atoms with E-state index in [-0.39, 0.29) is 11.6 Å². The van der Waals surface area contributed by atoms with Crippen molar-refractivity contribution in [2.75, 3.05) is 5.32 Å². The van der Waals surface area contributed by atoms with Crippen LogP contribution in [0.25, 0.3) is 0 Å². The molecule has 1 unspecified atom stereocenters. The molecule has 1 atom stereocenters. The molecule has 1 aromatic heterocycles. The summed E-state index contributed by atoms with van der Waals surface area (Å²) in [6.45, 7) is 7.53. The van der Waals surface area contributed by atoms with Crippen LogP contribution in [0.2, 0.25) is 0 Å². The van der Waals surface area contributed by atoms with E-state index in [9.17, 15) is 4.79 Å². The van der Waals surface area contributed by atoms with E-state index in [1.165, 1.54) is 6.07 Å². The molecule has 0 fully saturated rings. The Morgan fingerprint density at radius 1 is 1.79 bits per heavy atom. The van der Waals surface area contributed by atoms with Gasteiger partial charge in [-0.25, -0.2) is 4.98 Å². The van der Waals surface area contributed by atoms with Crippen molar-refractivity contribution in [1.82, 2.24) is 9.97 Å². The highest BCUT2D eigenvalue weighted by atomic mass is 16.1. The minimum atomic E-state index is -0.129. The molecular formula is C10H15N3O. The molecular weight excluding hydrogens is 178 g/mol. The van der Waals surface area contributed by atoms with E-state index in [1.807, 2.05) is 13.8 Å². The van der Waals surface area contributed by atoms with E-state index in [0.717, 1.165) is 0 Å². The number of anilines is 1. The van der Waals surface area contributed by atoms with Crippen LogP contribution in [0.15, 0.2) is 23.5 Å². The SMILES string of the molecule is C=CC(C)Nc1cc(=O)[nH]c(CC)n1. The molecule has 0 aliphatic carbocycles. The number of nitrogens with one attached hydrogen (secondary N) is 2. The van der Waals surface area contributed by atoms with E-state index in [2.05, 4.69) is 21.9 Å². The lowest BCUT2D eigenvalue weighted by molar-refractivity contribution is 0.900. The normalized spacial score (nSPS) is 12.1. The Morgan fingerprint density at radius 3 is 3.07 bits per heavy atom. The Hall–Kier alpha value is -1.58. The molecule has 0 aromatic carbocycles. The standard InChI is InChI=1S/C10H15N3O/c1-4-7(3)11-9-6-10(14)13-8(5-2)12-9/h4,6-7H,1,5H2,2-3H3,(H2,11,12,13,14). The van der Waals surface area contributed by atoms with Gasteiger partial charge >= 0.3 is 0 Å². The van der Waals surface area contributed by atoms with Crippen molar-refractivity contribution in [2.24, 2.45) is 0 Å². The fourth-order valence-electron chi connectivity index (χ4n) is 1.04. The summed E-state index contributed by atoms with van der Waals surface area (Å²) in [5, 5.41) is 3.06. The minimum Gasteiger partial charge on any atom is -0.364 e. The van der Waals surface area contributed by atoms with Gasteiger partial charge in [0.2, 0.25) is 0 Å². The molecule has 0 radical (unpaired) electrons. The molecule has 1 rings (SSSR count). The topological polar surface area (TPSA) is 57.8 Å². The smallest absolute Gasteiger partial charge is 0.252 e. The first-order chi connectivity index (χ1) is 6.65. The highest BCUT2D eigenvalue weighted by Gasteiger charge is 2.01. The van der Waals surface area contributed by atoms with Crippen LogP contribution >= 0.6 is 0 Å². The van der Waals surface area contributed by atoms with Crippen LogP contribution in [0.4, 0.5) is 5.82 Å². The van der Waals surface area contributed by atoms with Crippen molar-refractivity contribution in [3.63, 3.8) is 0 Å². The second-order valence-corrected chi connectivity index (χ2v) is 3.10. The Balaban J connectivity index is 2.92. The van der Waals surface area contributed by atoms with Crippen LogP contribution in [-0.2, 0) is 6.42 Å². The summed E-state index contributed by atoms with van der Waals surface area (Å²) < 4.78 is 0. The number of H-pyrrole nitrogens is 1. The molecule has 0 amide bonds. The van der Waals surface area contributed by atoms with Gasteiger partial charge < -0.3 is 10.3 Å². The highest BCUT2D eigenvalue weighted by Crippen LogP contribution is 2.02. The Morgan fingerprint density at radius 2 is 2.50 bits per heavy atom. The Labute approximate surface area is 83.1 Å². The maximum atomic E-state index is 11.2. The second kappa shape index (κ2) is 4.60. The molecule has 2 N–H and O–H groups in total. The summed E-state index contributed by atoms with van der Waals surface area (Å²) in [5.41, 5.74) is -0.129. The molecule has 4 heteroatoms. The van der Waals surface area contributed by atoms with Gasteiger partial charge in [0.1, 0.15) is 11.6 Å². The van der Waals surface area contributed by atoms with Crippen molar-refractivity contribution in [3.8, 4) is 0 Å². The van der Waals surface area contributed by atoms with Crippen molar-refractivity contribution >= 4 is 5.82 Å². The maximum Gasteiger partial charge on any atom is 0.252 e. The second-order valence-electron chi connectivity index (χ2n) is 3.10. The molecule has 0 saturated carbocycles. The third-order valence-corrected chi connectivity index (χ3v) is 1.85. The van der Waals surface area contributed by atoms with Gasteiger partial charge in [-0.05, 0) is 6.92 Å². The molecule has 0 aliphatic rings. The summed E-state index contributed by atoms with van der Waals surface area (Å²) in [7, 11) is 0. The zero-order valence-electron chi connectivity index (χ0n) is 8.50. The first kappa shape index (κ1) is 10.5. The van der Waals surface area contributed by atoms with E-state index >= 15 is 0 Å². The molecule has 1 heterocycles. The molecule has 14 heavy (non-hydrogen) atoms. The number of aryl methyl sites for hydroxylation is 1. The van der Waals surface area contributed by atoms with Gasteiger partial charge in [-0.15, -0.1) is 6.58 Å². The first-order valence-corrected chi connectivity index (χ1v) is 4.65.